The first-order chi connectivity index (χ1) is 11.8. The SMILES string of the molecule is Cc1ccc(N2C[C@H](C(=O)Nc3nnc(C(C)C)s3)CC2=O)cc1C. The fourth-order valence-electron chi connectivity index (χ4n) is 2.75. The van der Waals surface area contributed by atoms with Crippen molar-refractivity contribution in [2.24, 2.45) is 5.92 Å². The predicted octanol–water partition coefficient (Wildman–Crippen LogP) is 3.27. The van der Waals surface area contributed by atoms with Gasteiger partial charge in [0.1, 0.15) is 5.01 Å². The molecule has 1 saturated heterocycles. The van der Waals surface area contributed by atoms with Crippen LogP contribution in [0.25, 0.3) is 0 Å². The van der Waals surface area contributed by atoms with Crippen LogP contribution >= 0.6 is 11.3 Å². The molecule has 6 nitrogen and oxygen atoms in total. The molecule has 1 atom stereocenters. The zero-order valence-corrected chi connectivity index (χ0v) is 15.7. The van der Waals surface area contributed by atoms with Crippen molar-refractivity contribution in [2.75, 3.05) is 16.8 Å². The fourth-order valence-corrected chi connectivity index (χ4v) is 3.50. The number of nitrogens with zero attached hydrogens (tertiary/aromatic N) is 3. The van der Waals surface area contributed by atoms with Crippen LogP contribution in [0, 0.1) is 19.8 Å². The third-order valence-electron chi connectivity index (χ3n) is 4.46. The van der Waals surface area contributed by atoms with E-state index in [0.29, 0.717) is 11.7 Å². The number of aromatic nitrogens is 2. The van der Waals surface area contributed by atoms with Gasteiger partial charge in [-0.05, 0) is 37.1 Å². The van der Waals surface area contributed by atoms with Gasteiger partial charge in [-0.2, -0.15) is 0 Å². The van der Waals surface area contributed by atoms with Crippen LogP contribution in [0.1, 0.15) is 42.3 Å². The molecule has 1 fully saturated rings. The second kappa shape index (κ2) is 6.92. The van der Waals surface area contributed by atoms with Crippen LogP contribution in [0.3, 0.4) is 0 Å². The summed E-state index contributed by atoms with van der Waals surface area (Å²) in [5.41, 5.74) is 3.16. The molecule has 1 N–H and O–H groups in total. The Morgan fingerprint density at radius 2 is 2.04 bits per heavy atom. The largest absolute Gasteiger partial charge is 0.312 e. The van der Waals surface area contributed by atoms with E-state index in [1.54, 1.807) is 4.90 Å². The lowest BCUT2D eigenvalue weighted by atomic mass is 10.1. The zero-order chi connectivity index (χ0) is 18.1. The van der Waals surface area contributed by atoms with Gasteiger partial charge in [0.25, 0.3) is 0 Å². The highest BCUT2D eigenvalue weighted by molar-refractivity contribution is 7.15. The minimum Gasteiger partial charge on any atom is -0.312 e. The predicted molar refractivity (Wildman–Crippen MR) is 99.0 cm³/mol. The smallest absolute Gasteiger partial charge is 0.231 e. The van der Waals surface area contributed by atoms with E-state index in [1.807, 2.05) is 45.9 Å². The summed E-state index contributed by atoms with van der Waals surface area (Å²) in [7, 11) is 0. The second-order valence-electron chi connectivity index (χ2n) is 6.76. The van der Waals surface area contributed by atoms with Crippen LogP contribution in [0.15, 0.2) is 18.2 Å². The Morgan fingerprint density at radius 1 is 1.28 bits per heavy atom. The van der Waals surface area contributed by atoms with Crippen molar-refractivity contribution in [3.8, 4) is 0 Å². The van der Waals surface area contributed by atoms with Gasteiger partial charge in [-0.15, -0.1) is 10.2 Å². The average Bonchev–Trinajstić information content (AvgIpc) is 3.17. The Kier molecular flexibility index (Phi) is 4.85. The normalized spacial score (nSPS) is 17.4. The third kappa shape index (κ3) is 3.71. The Morgan fingerprint density at radius 3 is 2.68 bits per heavy atom. The van der Waals surface area contributed by atoms with Crippen LogP contribution in [0.4, 0.5) is 10.8 Å². The highest BCUT2D eigenvalue weighted by Crippen LogP contribution is 2.28. The summed E-state index contributed by atoms with van der Waals surface area (Å²) < 4.78 is 0. The molecule has 0 spiro atoms. The average molecular weight is 358 g/mol. The van der Waals surface area contributed by atoms with Gasteiger partial charge in [0, 0.05) is 24.6 Å². The van der Waals surface area contributed by atoms with Crippen LogP contribution in [0.5, 0.6) is 0 Å². The number of carbonyl (C=O) groups excluding carboxylic acids is 2. The molecule has 3 rings (SSSR count). The maximum atomic E-state index is 12.5. The number of carbonyl (C=O) groups is 2. The Hall–Kier alpha value is -2.28. The molecule has 0 radical (unpaired) electrons. The Labute approximate surface area is 151 Å². The van der Waals surface area contributed by atoms with E-state index in [2.05, 4.69) is 15.5 Å². The monoisotopic (exact) mass is 358 g/mol. The number of nitrogens with one attached hydrogen (secondary N) is 1. The van der Waals surface area contributed by atoms with Crippen molar-refractivity contribution in [1.29, 1.82) is 0 Å². The van der Waals surface area contributed by atoms with E-state index in [9.17, 15) is 9.59 Å². The minimum atomic E-state index is -0.375. The lowest BCUT2D eigenvalue weighted by Crippen LogP contribution is -2.28. The molecule has 0 aliphatic carbocycles. The van der Waals surface area contributed by atoms with Gasteiger partial charge in [0.2, 0.25) is 16.9 Å². The molecule has 1 aliphatic rings. The molecule has 0 bridgehead atoms. The van der Waals surface area contributed by atoms with Crippen LogP contribution in [0.2, 0.25) is 0 Å². The van der Waals surface area contributed by atoms with Gasteiger partial charge in [0.05, 0.1) is 5.92 Å². The van der Waals surface area contributed by atoms with Crippen molar-refractivity contribution < 1.29 is 9.59 Å². The van der Waals surface area contributed by atoms with Gasteiger partial charge in [-0.1, -0.05) is 31.3 Å². The van der Waals surface area contributed by atoms with E-state index in [1.165, 1.54) is 16.9 Å². The number of amides is 2. The van der Waals surface area contributed by atoms with Crippen molar-refractivity contribution in [3.05, 3.63) is 34.3 Å². The molecule has 1 aromatic carbocycles. The van der Waals surface area contributed by atoms with Crippen molar-refractivity contribution in [1.82, 2.24) is 10.2 Å². The first kappa shape index (κ1) is 17.5. The number of hydrogen-bond donors (Lipinski definition) is 1. The molecule has 1 aromatic heterocycles. The van der Waals surface area contributed by atoms with Gasteiger partial charge in [-0.3, -0.25) is 9.59 Å². The summed E-state index contributed by atoms with van der Waals surface area (Å²) in [5, 5.41) is 12.2. The fraction of sp³-hybridized carbons (Fsp3) is 0.444. The highest BCUT2D eigenvalue weighted by atomic mass is 32.1. The molecule has 0 saturated carbocycles. The maximum absolute atomic E-state index is 12.5. The summed E-state index contributed by atoms with van der Waals surface area (Å²) in [6.45, 7) is 8.51. The first-order valence-electron chi connectivity index (χ1n) is 8.37. The molecule has 132 valence electrons. The van der Waals surface area contributed by atoms with Gasteiger partial charge >= 0.3 is 0 Å². The molecule has 2 amide bonds. The number of anilines is 2. The third-order valence-corrected chi connectivity index (χ3v) is 5.60. The van der Waals surface area contributed by atoms with Gasteiger partial charge in [0.15, 0.2) is 0 Å². The van der Waals surface area contributed by atoms with Crippen molar-refractivity contribution in [2.45, 2.75) is 40.0 Å². The molecular weight excluding hydrogens is 336 g/mol. The summed E-state index contributed by atoms with van der Waals surface area (Å²) in [5.74, 6) is -0.299. The highest BCUT2D eigenvalue weighted by Gasteiger charge is 2.35. The molecule has 2 heterocycles. The summed E-state index contributed by atoms with van der Waals surface area (Å²) in [6, 6.07) is 5.92. The quantitative estimate of drug-likeness (QED) is 0.910. The second-order valence-corrected chi connectivity index (χ2v) is 7.77. The number of rotatable bonds is 4. The number of hydrogen-bond acceptors (Lipinski definition) is 5. The van der Waals surface area contributed by atoms with E-state index in [-0.39, 0.29) is 30.1 Å². The summed E-state index contributed by atoms with van der Waals surface area (Å²) >= 11 is 1.38. The zero-order valence-electron chi connectivity index (χ0n) is 14.9. The summed E-state index contributed by atoms with van der Waals surface area (Å²) in [4.78, 5) is 26.5. The lowest BCUT2D eigenvalue weighted by molar-refractivity contribution is -0.122. The molecule has 1 aliphatic heterocycles. The van der Waals surface area contributed by atoms with E-state index >= 15 is 0 Å². The Bertz CT molecular complexity index is 815. The molecule has 25 heavy (non-hydrogen) atoms. The van der Waals surface area contributed by atoms with E-state index in [0.717, 1.165) is 16.3 Å². The van der Waals surface area contributed by atoms with Gasteiger partial charge in [-0.25, -0.2) is 0 Å². The molecule has 2 aromatic rings. The van der Waals surface area contributed by atoms with Gasteiger partial charge < -0.3 is 10.2 Å². The lowest BCUT2D eigenvalue weighted by Gasteiger charge is -2.17. The summed E-state index contributed by atoms with van der Waals surface area (Å²) in [6.07, 6.45) is 0.217. The minimum absolute atomic E-state index is 0.0245. The molecular formula is C18H22N4O2S. The van der Waals surface area contributed by atoms with E-state index < -0.39 is 0 Å². The number of aryl methyl sites for hydroxylation is 2. The number of benzene rings is 1. The molecule has 7 heteroatoms. The topological polar surface area (TPSA) is 75.2 Å². The van der Waals surface area contributed by atoms with Crippen LogP contribution in [-0.4, -0.2) is 28.6 Å². The maximum Gasteiger partial charge on any atom is 0.231 e. The molecule has 0 unspecified atom stereocenters. The van der Waals surface area contributed by atoms with E-state index in [4.69, 9.17) is 0 Å². The van der Waals surface area contributed by atoms with Crippen LogP contribution < -0.4 is 10.2 Å². The standard InChI is InChI=1S/C18H22N4O2S/c1-10(2)17-20-21-18(25-17)19-16(24)13-8-15(23)22(9-13)14-6-5-11(3)12(4)7-14/h5-7,10,13H,8-9H2,1-4H3,(H,19,21,24)/t13-/m1/s1. The Balaban J connectivity index is 1.68. The van der Waals surface area contributed by atoms with Crippen molar-refractivity contribution >= 4 is 34.0 Å². The van der Waals surface area contributed by atoms with Crippen molar-refractivity contribution in [3.63, 3.8) is 0 Å². The van der Waals surface area contributed by atoms with Crippen LogP contribution in [-0.2, 0) is 9.59 Å². The first-order valence-corrected chi connectivity index (χ1v) is 9.18.